The number of urea groups is 1. The molecular formula is C23H28BrN7O2. The second-order valence-electron chi connectivity index (χ2n) is 7.89. The molecule has 0 radical (unpaired) electrons. The Bertz CT molecular complexity index is 1320. The summed E-state index contributed by atoms with van der Waals surface area (Å²) in [6.45, 7) is 1.37. The van der Waals surface area contributed by atoms with E-state index in [9.17, 15) is 4.79 Å². The zero-order valence-corrected chi connectivity index (χ0v) is 19.4. The van der Waals surface area contributed by atoms with E-state index in [-0.39, 0.29) is 19.4 Å². The standard InChI is InChI=1S/C22H24BrN7O2.CH4/c1-25-22(31)29-8-5-12(6-9-29)21-28-18(19-20(24)26-7-10-30(19)21)15-11-13-14(23)3-4-16(32-2)17(13)27-15;/h3-4,7,10-12,27H,5-6,8-9H2,1-2H3,(H2,24,26)(H,25,31);1H4. The van der Waals surface area contributed by atoms with Gasteiger partial charge in [-0.1, -0.05) is 23.4 Å². The van der Waals surface area contributed by atoms with Gasteiger partial charge in [0.2, 0.25) is 0 Å². The highest BCUT2D eigenvalue weighted by atomic mass is 79.9. The molecule has 2 amide bonds. The van der Waals surface area contributed by atoms with Gasteiger partial charge in [-0.3, -0.25) is 4.40 Å². The Morgan fingerprint density at radius 1 is 1.33 bits per heavy atom. The molecule has 4 aromatic rings. The minimum absolute atomic E-state index is 0. The number of amides is 2. The van der Waals surface area contributed by atoms with Gasteiger partial charge in [0.1, 0.15) is 28.6 Å². The predicted molar refractivity (Wildman–Crippen MR) is 134 cm³/mol. The van der Waals surface area contributed by atoms with Crippen LogP contribution in [0.3, 0.4) is 0 Å². The number of likely N-dealkylation sites (tertiary alicyclic amines) is 1. The monoisotopic (exact) mass is 513 g/mol. The molecule has 1 aliphatic heterocycles. The maximum atomic E-state index is 12.0. The van der Waals surface area contributed by atoms with Gasteiger partial charge in [-0.2, -0.15) is 0 Å². The van der Waals surface area contributed by atoms with E-state index >= 15 is 0 Å². The Balaban J connectivity index is 0.00000259. The Morgan fingerprint density at radius 2 is 2.09 bits per heavy atom. The Kier molecular flexibility index (Phi) is 6.20. The number of nitrogens with one attached hydrogen (secondary N) is 2. The topological polar surface area (TPSA) is 114 Å². The van der Waals surface area contributed by atoms with E-state index in [1.54, 1.807) is 20.4 Å². The number of rotatable bonds is 3. The van der Waals surface area contributed by atoms with Crippen molar-refractivity contribution in [3.8, 4) is 17.1 Å². The molecule has 1 saturated heterocycles. The number of imidazole rings is 1. The average molecular weight is 514 g/mol. The molecule has 1 aliphatic rings. The zero-order valence-electron chi connectivity index (χ0n) is 17.9. The van der Waals surface area contributed by atoms with Crippen LogP contribution in [0.2, 0.25) is 0 Å². The number of nitrogen functional groups attached to an aromatic ring is 1. The van der Waals surface area contributed by atoms with Crippen molar-refractivity contribution in [3.63, 3.8) is 0 Å². The fraction of sp³-hybridized carbons (Fsp3) is 0.348. The minimum Gasteiger partial charge on any atom is -0.495 e. The van der Waals surface area contributed by atoms with Crippen LogP contribution in [0.5, 0.6) is 5.75 Å². The van der Waals surface area contributed by atoms with Crippen LogP contribution >= 0.6 is 15.9 Å². The van der Waals surface area contributed by atoms with Crippen molar-refractivity contribution in [1.82, 2.24) is 29.6 Å². The summed E-state index contributed by atoms with van der Waals surface area (Å²) in [6.07, 6.45) is 5.27. The summed E-state index contributed by atoms with van der Waals surface area (Å²) in [7, 11) is 3.31. The lowest BCUT2D eigenvalue weighted by atomic mass is 9.96. The normalized spacial score (nSPS) is 14.5. The van der Waals surface area contributed by atoms with E-state index in [1.165, 1.54) is 0 Å². The summed E-state index contributed by atoms with van der Waals surface area (Å²) < 4.78 is 8.53. The second kappa shape index (κ2) is 8.93. The molecule has 0 bridgehead atoms. The highest BCUT2D eigenvalue weighted by molar-refractivity contribution is 9.10. The van der Waals surface area contributed by atoms with Crippen LogP contribution in [0, 0.1) is 0 Å². The third-order valence-corrected chi connectivity index (χ3v) is 6.84. The maximum absolute atomic E-state index is 12.0. The number of piperidine rings is 1. The molecule has 9 nitrogen and oxygen atoms in total. The van der Waals surface area contributed by atoms with Crippen LogP contribution < -0.4 is 15.8 Å². The molecule has 0 aliphatic carbocycles. The number of carbonyl (C=O) groups is 1. The second-order valence-corrected chi connectivity index (χ2v) is 8.74. The number of benzene rings is 1. The number of aromatic amines is 1. The molecule has 10 heteroatoms. The van der Waals surface area contributed by atoms with Gasteiger partial charge in [-0.15, -0.1) is 0 Å². The SMILES string of the molecule is C.CNC(=O)N1CCC(c2nc(-c3cc4c(Br)ccc(OC)c4[nH]3)c3c(N)nccn23)CC1. The largest absolute Gasteiger partial charge is 0.495 e. The lowest BCUT2D eigenvalue weighted by molar-refractivity contribution is 0.182. The molecule has 4 heterocycles. The number of hydrogen-bond acceptors (Lipinski definition) is 5. The first-order valence-corrected chi connectivity index (χ1v) is 11.3. The van der Waals surface area contributed by atoms with Crippen LogP contribution in [-0.2, 0) is 0 Å². The van der Waals surface area contributed by atoms with Gasteiger partial charge in [0.25, 0.3) is 0 Å². The number of nitrogens with zero attached hydrogens (tertiary/aromatic N) is 4. The van der Waals surface area contributed by atoms with Crippen molar-refractivity contribution in [2.75, 3.05) is 33.0 Å². The van der Waals surface area contributed by atoms with Crippen molar-refractivity contribution in [2.24, 2.45) is 0 Å². The van der Waals surface area contributed by atoms with Crippen molar-refractivity contribution in [1.29, 1.82) is 0 Å². The van der Waals surface area contributed by atoms with Crippen molar-refractivity contribution in [3.05, 3.63) is 40.9 Å². The van der Waals surface area contributed by atoms with Gasteiger partial charge in [-0.25, -0.2) is 14.8 Å². The van der Waals surface area contributed by atoms with Crippen LogP contribution in [0.1, 0.15) is 32.0 Å². The van der Waals surface area contributed by atoms with E-state index in [0.29, 0.717) is 18.9 Å². The highest BCUT2D eigenvalue weighted by Crippen LogP contribution is 2.38. The van der Waals surface area contributed by atoms with Crippen LogP contribution in [0.15, 0.2) is 35.1 Å². The zero-order chi connectivity index (χ0) is 22.4. The first-order chi connectivity index (χ1) is 15.5. The first kappa shape index (κ1) is 22.9. The fourth-order valence-corrected chi connectivity index (χ4v) is 4.96. The third-order valence-electron chi connectivity index (χ3n) is 6.15. The van der Waals surface area contributed by atoms with Crippen LogP contribution in [0.25, 0.3) is 27.8 Å². The number of aromatic nitrogens is 4. The number of H-pyrrole nitrogens is 1. The van der Waals surface area contributed by atoms with Gasteiger partial charge in [0.05, 0.1) is 18.3 Å². The third kappa shape index (κ3) is 3.78. The van der Waals surface area contributed by atoms with Gasteiger partial charge >= 0.3 is 6.03 Å². The highest BCUT2D eigenvalue weighted by Gasteiger charge is 2.28. The molecule has 4 N–H and O–H groups in total. The molecule has 0 unspecified atom stereocenters. The number of halogens is 1. The number of fused-ring (bicyclic) bond motifs is 2. The first-order valence-electron chi connectivity index (χ1n) is 10.5. The van der Waals surface area contributed by atoms with Crippen molar-refractivity contribution in [2.45, 2.75) is 26.2 Å². The molecule has 33 heavy (non-hydrogen) atoms. The minimum atomic E-state index is -0.0387. The van der Waals surface area contributed by atoms with Gasteiger partial charge in [-0.05, 0) is 31.0 Å². The Morgan fingerprint density at radius 3 is 2.79 bits per heavy atom. The molecule has 1 fully saturated rings. The number of hydrogen-bond donors (Lipinski definition) is 3. The van der Waals surface area contributed by atoms with E-state index in [1.807, 2.05) is 27.6 Å². The Labute approximate surface area is 200 Å². The number of anilines is 1. The smallest absolute Gasteiger partial charge is 0.317 e. The van der Waals surface area contributed by atoms with E-state index in [2.05, 4.69) is 37.3 Å². The molecule has 0 spiro atoms. The lowest BCUT2D eigenvalue weighted by Gasteiger charge is -2.31. The van der Waals surface area contributed by atoms with Crippen LogP contribution in [0.4, 0.5) is 10.6 Å². The summed E-state index contributed by atoms with van der Waals surface area (Å²) >= 11 is 3.63. The van der Waals surface area contributed by atoms with E-state index in [0.717, 1.165) is 56.7 Å². The fourth-order valence-electron chi connectivity index (χ4n) is 4.52. The predicted octanol–water partition coefficient (Wildman–Crippen LogP) is 4.39. The average Bonchev–Trinajstić information content (AvgIpc) is 3.43. The van der Waals surface area contributed by atoms with Crippen molar-refractivity contribution >= 4 is 44.2 Å². The summed E-state index contributed by atoms with van der Waals surface area (Å²) in [6, 6.07) is 5.89. The van der Waals surface area contributed by atoms with Gasteiger partial charge in [0, 0.05) is 48.3 Å². The molecular weight excluding hydrogens is 486 g/mol. The van der Waals surface area contributed by atoms with Gasteiger partial charge < -0.3 is 25.7 Å². The summed E-state index contributed by atoms with van der Waals surface area (Å²) in [5, 5.41) is 3.70. The molecule has 0 saturated carbocycles. The number of methoxy groups -OCH3 is 1. The maximum Gasteiger partial charge on any atom is 0.317 e. The summed E-state index contributed by atoms with van der Waals surface area (Å²) in [4.78, 5) is 26.6. The lowest BCUT2D eigenvalue weighted by Crippen LogP contribution is -2.42. The quantitative estimate of drug-likeness (QED) is 0.376. The summed E-state index contributed by atoms with van der Waals surface area (Å²) in [5.74, 6) is 2.33. The van der Waals surface area contributed by atoms with Gasteiger partial charge in [0.15, 0.2) is 0 Å². The molecule has 0 atom stereocenters. The Hall–Kier alpha value is -3.27. The number of nitrogens with two attached hydrogens (primary N) is 1. The number of carbonyl (C=O) groups excluding carboxylic acids is 1. The van der Waals surface area contributed by atoms with E-state index in [4.69, 9.17) is 15.5 Å². The van der Waals surface area contributed by atoms with Crippen molar-refractivity contribution < 1.29 is 9.53 Å². The van der Waals surface area contributed by atoms with Crippen LogP contribution in [-0.4, -0.2) is 57.5 Å². The molecule has 3 aromatic heterocycles. The molecule has 1 aromatic carbocycles. The van der Waals surface area contributed by atoms with E-state index < -0.39 is 0 Å². The molecule has 5 rings (SSSR count). The number of ether oxygens (including phenoxy) is 1. The molecule has 174 valence electrons. The summed E-state index contributed by atoms with van der Waals surface area (Å²) in [5.41, 5.74) is 9.58.